The number of ketones is 1. The topological polar surface area (TPSA) is 77.8 Å². The SMILES string of the molecule is CC(C)[C@@H]1[C@H](O)C=C(CO)C(=O)[C@@H]1O. The average molecular weight is 200 g/mol. The van der Waals surface area contributed by atoms with Crippen LogP contribution in [0.25, 0.3) is 0 Å². The molecule has 14 heavy (non-hydrogen) atoms. The fraction of sp³-hybridized carbons (Fsp3) is 0.700. The van der Waals surface area contributed by atoms with Gasteiger partial charge in [0.05, 0.1) is 12.7 Å². The van der Waals surface area contributed by atoms with Crippen LogP contribution in [0.3, 0.4) is 0 Å². The number of rotatable bonds is 2. The zero-order valence-corrected chi connectivity index (χ0v) is 8.34. The zero-order chi connectivity index (χ0) is 10.9. The zero-order valence-electron chi connectivity index (χ0n) is 8.34. The molecule has 0 aromatic heterocycles. The highest BCUT2D eigenvalue weighted by Gasteiger charge is 2.38. The van der Waals surface area contributed by atoms with Crippen molar-refractivity contribution in [2.75, 3.05) is 6.61 Å². The molecule has 0 aliphatic heterocycles. The molecule has 0 fully saturated rings. The first kappa shape index (κ1) is 11.4. The molecule has 0 saturated carbocycles. The number of carbonyl (C=O) groups excluding carboxylic acids is 1. The first-order chi connectivity index (χ1) is 6.49. The number of aliphatic hydroxyl groups is 3. The van der Waals surface area contributed by atoms with Crippen LogP contribution in [-0.4, -0.2) is 39.9 Å². The molecule has 0 bridgehead atoms. The molecule has 0 aromatic carbocycles. The Morgan fingerprint density at radius 2 is 2.00 bits per heavy atom. The molecule has 0 saturated heterocycles. The Hall–Kier alpha value is -0.710. The summed E-state index contributed by atoms with van der Waals surface area (Å²) in [5, 5.41) is 28.1. The second kappa shape index (κ2) is 4.21. The quantitative estimate of drug-likeness (QED) is 0.560. The summed E-state index contributed by atoms with van der Waals surface area (Å²) in [6.07, 6.45) is -0.721. The molecule has 0 unspecified atom stereocenters. The van der Waals surface area contributed by atoms with E-state index in [1.807, 2.05) is 13.8 Å². The van der Waals surface area contributed by atoms with E-state index in [1.54, 1.807) is 0 Å². The van der Waals surface area contributed by atoms with E-state index in [-0.39, 0.29) is 11.5 Å². The lowest BCUT2D eigenvalue weighted by atomic mass is 9.77. The Morgan fingerprint density at radius 1 is 1.43 bits per heavy atom. The van der Waals surface area contributed by atoms with E-state index in [0.717, 1.165) is 0 Å². The maximum Gasteiger partial charge on any atom is 0.189 e. The van der Waals surface area contributed by atoms with Crippen molar-refractivity contribution >= 4 is 5.78 Å². The first-order valence-electron chi connectivity index (χ1n) is 4.71. The van der Waals surface area contributed by atoms with Crippen LogP contribution in [0.15, 0.2) is 11.6 Å². The summed E-state index contributed by atoms with van der Waals surface area (Å²) in [5.74, 6) is -0.935. The maximum absolute atomic E-state index is 11.4. The van der Waals surface area contributed by atoms with E-state index in [9.17, 15) is 15.0 Å². The van der Waals surface area contributed by atoms with Crippen molar-refractivity contribution in [2.24, 2.45) is 11.8 Å². The molecular weight excluding hydrogens is 184 g/mol. The van der Waals surface area contributed by atoms with E-state index in [1.165, 1.54) is 6.08 Å². The third kappa shape index (κ3) is 1.87. The van der Waals surface area contributed by atoms with E-state index >= 15 is 0 Å². The third-order valence-electron chi connectivity index (χ3n) is 2.66. The lowest BCUT2D eigenvalue weighted by molar-refractivity contribution is -0.131. The smallest absolute Gasteiger partial charge is 0.189 e. The minimum absolute atomic E-state index is 0.0143. The van der Waals surface area contributed by atoms with Gasteiger partial charge in [-0.2, -0.15) is 0 Å². The van der Waals surface area contributed by atoms with Gasteiger partial charge in [-0.3, -0.25) is 4.79 Å². The number of aliphatic hydroxyl groups excluding tert-OH is 3. The van der Waals surface area contributed by atoms with Crippen molar-refractivity contribution in [3.05, 3.63) is 11.6 Å². The number of hydrogen-bond donors (Lipinski definition) is 3. The molecule has 0 radical (unpaired) electrons. The summed E-state index contributed by atoms with van der Waals surface area (Å²) in [5.41, 5.74) is 0.0990. The van der Waals surface area contributed by atoms with Gasteiger partial charge < -0.3 is 15.3 Å². The van der Waals surface area contributed by atoms with Gasteiger partial charge >= 0.3 is 0 Å². The van der Waals surface area contributed by atoms with E-state index in [0.29, 0.717) is 0 Å². The summed E-state index contributed by atoms with van der Waals surface area (Å²) in [6, 6.07) is 0. The van der Waals surface area contributed by atoms with Gasteiger partial charge in [0.1, 0.15) is 6.10 Å². The van der Waals surface area contributed by atoms with Gasteiger partial charge in [0, 0.05) is 11.5 Å². The average Bonchev–Trinajstić information content (AvgIpc) is 2.10. The van der Waals surface area contributed by atoms with Gasteiger partial charge in [0.2, 0.25) is 0 Å². The fourth-order valence-electron chi connectivity index (χ4n) is 1.84. The van der Waals surface area contributed by atoms with Crippen molar-refractivity contribution < 1.29 is 20.1 Å². The minimum atomic E-state index is -1.20. The normalized spacial score (nSPS) is 33.4. The minimum Gasteiger partial charge on any atom is -0.392 e. The highest BCUT2D eigenvalue weighted by molar-refractivity contribution is 6.00. The molecule has 3 atom stereocenters. The highest BCUT2D eigenvalue weighted by Crippen LogP contribution is 2.27. The predicted molar refractivity (Wildman–Crippen MR) is 50.5 cm³/mol. The molecule has 4 heteroatoms. The molecule has 3 N–H and O–H groups in total. The fourth-order valence-corrected chi connectivity index (χ4v) is 1.84. The lowest BCUT2D eigenvalue weighted by Crippen LogP contribution is -2.44. The Bertz CT molecular complexity index is 257. The summed E-state index contributed by atoms with van der Waals surface area (Å²) < 4.78 is 0. The van der Waals surface area contributed by atoms with Crippen LogP contribution < -0.4 is 0 Å². The molecule has 0 aromatic rings. The predicted octanol–water partition coefficient (Wildman–Crippen LogP) is -0.518. The van der Waals surface area contributed by atoms with Crippen molar-refractivity contribution in [1.82, 2.24) is 0 Å². The Kier molecular flexibility index (Phi) is 3.42. The van der Waals surface area contributed by atoms with E-state index < -0.39 is 30.5 Å². The molecule has 1 rings (SSSR count). The van der Waals surface area contributed by atoms with Gasteiger partial charge in [0.25, 0.3) is 0 Å². The van der Waals surface area contributed by atoms with E-state index in [4.69, 9.17) is 5.11 Å². The van der Waals surface area contributed by atoms with Crippen LogP contribution in [0.5, 0.6) is 0 Å². The second-order valence-electron chi connectivity index (χ2n) is 3.97. The van der Waals surface area contributed by atoms with Crippen molar-refractivity contribution in [3.63, 3.8) is 0 Å². The molecule has 0 heterocycles. The number of hydrogen-bond acceptors (Lipinski definition) is 4. The summed E-state index contributed by atoms with van der Waals surface area (Å²) in [6.45, 7) is 3.24. The number of carbonyl (C=O) groups is 1. The van der Waals surface area contributed by atoms with Crippen LogP contribution in [0.4, 0.5) is 0 Å². The monoisotopic (exact) mass is 200 g/mol. The van der Waals surface area contributed by atoms with Gasteiger partial charge in [-0.15, -0.1) is 0 Å². The standard InChI is InChI=1S/C10H16O4/c1-5(2)8-7(12)3-6(4-11)9(13)10(8)14/h3,5,7-8,10-12,14H,4H2,1-2H3/t7-,8-,10-/m1/s1. The van der Waals surface area contributed by atoms with Crippen molar-refractivity contribution in [3.8, 4) is 0 Å². The Morgan fingerprint density at radius 3 is 2.43 bits per heavy atom. The highest BCUT2D eigenvalue weighted by atomic mass is 16.3. The number of Topliss-reactive ketones (excluding diaryl/α,β-unsaturated/α-hetero) is 1. The molecule has 1 aliphatic rings. The van der Waals surface area contributed by atoms with Gasteiger partial charge in [-0.25, -0.2) is 0 Å². The van der Waals surface area contributed by atoms with E-state index in [2.05, 4.69) is 0 Å². The summed E-state index contributed by atoms with van der Waals surface area (Å²) >= 11 is 0. The van der Waals surface area contributed by atoms with Crippen LogP contribution in [0.1, 0.15) is 13.8 Å². The largest absolute Gasteiger partial charge is 0.392 e. The van der Waals surface area contributed by atoms with Crippen LogP contribution in [0, 0.1) is 11.8 Å². The Balaban J connectivity index is 2.96. The molecular formula is C10H16O4. The molecule has 4 nitrogen and oxygen atoms in total. The third-order valence-corrected chi connectivity index (χ3v) is 2.66. The second-order valence-corrected chi connectivity index (χ2v) is 3.97. The molecule has 0 amide bonds. The van der Waals surface area contributed by atoms with Crippen LogP contribution >= 0.6 is 0 Å². The van der Waals surface area contributed by atoms with Gasteiger partial charge in [0.15, 0.2) is 5.78 Å². The van der Waals surface area contributed by atoms with Crippen LogP contribution in [0.2, 0.25) is 0 Å². The Labute approximate surface area is 82.9 Å². The van der Waals surface area contributed by atoms with Crippen molar-refractivity contribution in [1.29, 1.82) is 0 Å². The summed E-state index contributed by atoms with van der Waals surface area (Å²) in [4.78, 5) is 11.4. The summed E-state index contributed by atoms with van der Waals surface area (Å²) in [7, 11) is 0. The molecule has 0 spiro atoms. The molecule has 80 valence electrons. The maximum atomic E-state index is 11.4. The van der Waals surface area contributed by atoms with Crippen molar-refractivity contribution in [2.45, 2.75) is 26.1 Å². The van der Waals surface area contributed by atoms with Gasteiger partial charge in [-0.1, -0.05) is 13.8 Å². The van der Waals surface area contributed by atoms with Crippen LogP contribution in [-0.2, 0) is 4.79 Å². The molecule has 1 aliphatic carbocycles. The van der Waals surface area contributed by atoms with Gasteiger partial charge in [-0.05, 0) is 12.0 Å². The lowest BCUT2D eigenvalue weighted by Gasteiger charge is -2.32. The first-order valence-corrected chi connectivity index (χ1v) is 4.71.